The molecule has 0 fully saturated rings. The van der Waals surface area contributed by atoms with E-state index >= 15 is 0 Å². The molecule has 0 saturated carbocycles. The Balaban J connectivity index is 4.05. The Hall–Kier alpha value is -2.11. The summed E-state index contributed by atoms with van der Waals surface area (Å²) in [4.78, 5) is 38.2. The summed E-state index contributed by atoms with van der Waals surface area (Å²) in [6.45, 7) is 6.68. The van der Waals surface area contributed by atoms with Crippen LogP contribution in [0, 0.1) is 0 Å². The van der Waals surface area contributed by atoms with Crippen LogP contribution >= 0.6 is 0 Å². The molecule has 0 bridgehead atoms. The standard InChI is InChI=1S/C71H134O6/c1-4-7-10-13-16-19-21-23-25-27-29-31-33-34-35-36-37-38-39-41-42-44-46-48-50-52-55-58-61-64-70(73)76-67-68(66-75-69(72)63-60-57-54-18-15-12-9-6-3)77-71(74)65-62-59-56-53-51-49-47-45-43-40-32-30-28-26-24-22-20-17-14-11-8-5-2/h21,23,27,29,68H,4-20,22,24-26,28,30-67H2,1-3H3/b23-21-,29-27-. The molecule has 6 heteroatoms. The SMILES string of the molecule is CCCCCCC/C=C\C/C=C\CCCCCCCCCCCCCCCCCCCC(=O)OCC(COC(=O)CCCCCCCCCC)OC(=O)CCCCCCCCCCCCCCCCCCCCCCCC. The van der Waals surface area contributed by atoms with Gasteiger partial charge < -0.3 is 14.2 Å². The van der Waals surface area contributed by atoms with Gasteiger partial charge in [-0.2, -0.15) is 0 Å². The van der Waals surface area contributed by atoms with Crippen LogP contribution in [-0.4, -0.2) is 37.2 Å². The summed E-state index contributed by atoms with van der Waals surface area (Å²) in [7, 11) is 0. The molecule has 0 saturated heterocycles. The Labute approximate surface area is 481 Å². The molecule has 0 aliphatic rings. The Morgan fingerprint density at radius 3 is 0.714 bits per heavy atom. The van der Waals surface area contributed by atoms with Crippen LogP contribution in [0.5, 0.6) is 0 Å². The molecule has 1 atom stereocenters. The van der Waals surface area contributed by atoms with Crippen LogP contribution in [0.15, 0.2) is 24.3 Å². The highest BCUT2D eigenvalue weighted by Crippen LogP contribution is 2.19. The molecule has 0 radical (unpaired) electrons. The molecule has 454 valence electrons. The molecule has 0 aliphatic carbocycles. The molecular formula is C71H134O6. The number of hydrogen-bond donors (Lipinski definition) is 0. The third-order valence-corrected chi connectivity index (χ3v) is 16.0. The first-order valence-corrected chi connectivity index (χ1v) is 34.8. The monoisotopic (exact) mass is 1080 g/mol. The van der Waals surface area contributed by atoms with Crippen molar-refractivity contribution in [3.63, 3.8) is 0 Å². The van der Waals surface area contributed by atoms with Crippen molar-refractivity contribution in [1.29, 1.82) is 0 Å². The molecule has 1 unspecified atom stereocenters. The van der Waals surface area contributed by atoms with Crippen LogP contribution in [0.3, 0.4) is 0 Å². The van der Waals surface area contributed by atoms with Gasteiger partial charge in [-0.25, -0.2) is 0 Å². The summed E-state index contributed by atoms with van der Waals surface area (Å²) in [5.41, 5.74) is 0. The summed E-state index contributed by atoms with van der Waals surface area (Å²) in [5.74, 6) is -0.838. The second-order valence-electron chi connectivity index (χ2n) is 23.8. The number of rotatable bonds is 65. The summed E-state index contributed by atoms with van der Waals surface area (Å²) in [6, 6.07) is 0. The van der Waals surface area contributed by atoms with Gasteiger partial charge in [0.25, 0.3) is 0 Å². The van der Waals surface area contributed by atoms with Gasteiger partial charge in [0.1, 0.15) is 13.2 Å². The normalized spacial score (nSPS) is 12.1. The Morgan fingerprint density at radius 1 is 0.260 bits per heavy atom. The first-order chi connectivity index (χ1) is 38.0. The lowest BCUT2D eigenvalue weighted by molar-refractivity contribution is -0.167. The highest BCUT2D eigenvalue weighted by atomic mass is 16.6. The molecule has 0 heterocycles. The molecule has 0 N–H and O–H groups in total. The molecule has 0 aromatic heterocycles. The van der Waals surface area contributed by atoms with Gasteiger partial charge in [0.2, 0.25) is 0 Å². The van der Waals surface area contributed by atoms with Crippen molar-refractivity contribution in [1.82, 2.24) is 0 Å². The molecular weight excluding hydrogens is 949 g/mol. The van der Waals surface area contributed by atoms with E-state index in [4.69, 9.17) is 14.2 Å². The molecule has 77 heavy (non-hydrogen) atoms. The highest BCUT2D eigenvalue weighted by Gasteiger charge is 2.19. The Morgan fingerprint density at radius 2 is 0.468 bits per heavy atom. The van der Waals surface area contributed by atoms with E-state index < -0.39 is 6.10 Å². The number of ether oxygens (including phenoxy) is 3. The fourth-order valence-electron chi connectivity index (χ4n) is 10.7. The van der Waals surface area contributed by atoms with E-state index in [2.05, 4.69) is 45.1 Å². The summed E-state index contributed by atoms with van der Waals surface area (Å²) in [5, 5.41) is 0. The topological polar surface area (TPSA) is 78.9 Å². The van der Waals surface area contributed by atoms with Gasteiger partial charge in [0, 0.05) is 19.3 Å². The minimum atomic E-state index is -0.765. The van der Waals surface area contributed by atoms with Gasteiger partial charge >= 0.3 is 17.9 Å². The average molecular weight is 1080 g/mol. The van der Waals surface area contributed by atoms with Crippen molar-refractivity contribution >= 4 is 17.9 Å². The fraction of sp³-hybridized carbons (Fsp3) is 0.901. The van der Waals surface area contributed by atoms with E-state index in [9.17, 15) is 14.4 Å². The Kier molecular flexibility index (Phi) is 64.6. The molecule has 0 amide bonds. The third kappa shape index (κ3) is 64.6. The van der Waals surface area contributed by atoms with Gasteiger partial charge in [-0.05, 0) is 51.4 Å². The molecule has 0 rings (SSSR count). The highest BCUT2D eigenvalue weighted by molar-refractivity contribution is 5.71. The zero-order chi connectivity index (χ0) is 55.7. The number of carbonyl (C=O) groups is 3. The van der Waals surface area contributed by atoms with E-state index in [0.717, 1.165) is 64.2 Å². The summed E-state index contributed by atoms with van der Waals surface area (Å²) >= 11 is 0. The minimum Gasteiger partial charge on any atom is -0.462 e. The average Bonchev–Trinajstić information content (AvgIpc) is 3.43. The lowest BCUT2D eigenvalue weighted by atomic mass is 10.0. The zero-order valence-electron chi connectivity index (χ0n) is 52.3. The van der Waals surface area contributed by atoms with Crippen molar-refractivity contribution in [2.45, 2.75) is 399 Å². The minimum absolute atomic E-state index is 0.0642. The maximum atomic E-state index is 12.9. The fourth-order valence-corrected chi connectivity index (χ4v) is 10.7. The predicted molar refractivity (Wildman–Crippen MR) is 335 cm³/mol. The van der Waals surface area contributed by atoms with Crippen molar-refractivity contribution in [3.05, 3.63) is 24.3 Å². The second kappa shape index (κ2) is 66.4. The number of allylic oxidation sites excluding steroid dienone is 4. The van der Waals surface area contributed by atoms with E-state index in [0.29, 0.717) is 19.3 Å². The van der Waals surface area contributed by atoms with Gasteiger partial charge in [-0.3, -0.25) is 14.4 Å². The lowest BCUT2D eigenvalue weighted by Crippen LogP contribution is -2.30. The van der Waals surface area contributed by atoms with E-state index in [-0.39, 0.29) is 31.1 Å². The van der Waals surface area contributed by atoms with Crippen LogP contribution in [0.25, 0.3) is 0 Å². The van der Waals surface area contributed by atoms with Gasteiger partial charge in [-0.1, -0.05) is 347 Å². The third-order valence-electron chi connectivity index (χ3n) is 16.0. The van der Waals surface area contributed by atoms with Gasteiger partial charge in [-0.15, -0.1) is 0 Å². The van der Waals surface area contributed by atoms with Crippen LogP contribution < -0.4 is 0 Å². The predicted octanol–water partition coefficient (Wildman–Crippen LogP) is 23.8. The zero-order valence-corrected chi connectivity index (χ0v) is 52.3. The molecule has 6 nitrogen and oxygen atoms in total. The molecule has 0 aromatic carbocycles. The molecule has 0 spiro atoms. The number of esters is 3. The van der Waals surface area contributed by atoms with Crippen LogP contribution in [0.1, 0.15) is 393 Å². The second-order valence-corrected chi connectivity index (χ2v) is 23.8. The van der Waals surface area contributed by atoms with Crippen molar-refractivity contribution in [2.24, 2.45) is 0 Å². The largest absolute Gasteiger partial charge is 0.462 e. The maximum absolute atomic E-state index is 12.9. The van der Waals surface area contributed by atoms with Crippen LogP contribution in [0.2, 0.25) is 0 Å². The molecule has 0 aliphatic heterocycles. The van der Waals surface area contributed by atoms with Crippen LogP contribution in [0.4, 0.5) is 0 Å². The van der Waals surface area contributed by atoms with Crippen molar-refractivity contribution in [3.8, 4) is 0 Å². The number of unbranched alkanes of at least 4 members (excludes halogenated alkanes) is 50. The quantitative estimate of drug-likeness (QED) is 0.0261. The first kappa shape index (κ1) is 74.9. The maximum Gasteiger partial charge on any atom is 0.306 e. The van der Waals surface area contributed by atoms with Crippen molar-refractivity contribution in [2.75, 3.05) is 13.2 Å². The number of hydrogen-bond acceptors (Lipinski definition) is 6. The smallest absolute Gasteiger partial charge is 0.306 e. The van der Waals surface area contributed by atoms with Crippen molar-refractivity contribution < 1.29 is 28.6 Å². The first-order valence-electron chi connectivity index (χ1n) is 34.8. The van der Waals surface area contributed by atoms with E-state index in [1.165, 1.54) is 289 Å². The molecule has 0 aromatic rings. The van der Waals surface area contributed by atoms with Crippen LogP contribution in [-0.2, 0) is 28.6 Å². The summed E-state index contributed by atoms with van der Waals surface area (Å²) < 4.78 is 16.9. The van der Waals surface area contributed by atoms with E-state index in [1.54, 1.807) is 0 Å². The van der Waals surface area contributed by atoms with E-state index in [1.807, 2.05) is 0 Å². The summed E-state index contributed by atoms with van der Waals surface area (Å²) in [6.07, 6.45) is 80.9. The Bertz CT molecular complexity index is 1240. The number of carbonyl (C=O) groups excluding carboxylic acids is 3. The van der Waals surface area contributed by atoms with Gasteiger partial charge in [0.05, 0.1) is 0 Å². The lowest BCUT2D eigenvalue weighted by Gasteiger charge is -2.18. The van der Waals surface area contributed by atoms with Gasteiger partial charge in [0.15, 0.2) is 6.10 Å².